The van der Waals surface area contributed by atoms with Crippen molar-refractivity contribution in [2.45, 2.75) is 19.8 Å². The van der Waals surface area contributed by atoms with E-state index in [4.69, 9.17) is 4.42 Å². The highest BCUT2D eigenvalue weighted by Crippen LogP contribution is 2.16. The van der Waals surface area contributed by atoms with Crippen LogP contribution in [0.15, 0.2) is 34.9 Å². The van der Waals surface area contributed by atoms with Gasteiger partial charge in [0.2, 0.25) is 0 Å². The van der Waals surface area contributed by atoms with Gasteiger partial charge in [0.15, 0.2) is 17.4 Å². The van der Waals surface area contributed by atoms with E-state index in [-0.39, 0.29) is 12.2 Å². The third-order valence-electron chi connectivity index (χ3n) is 2.72. The summed E-state index contributed by atoms with van der Waals surface area (Å²) in [4.78, 5) is 12.0. The van der Waals surface area contributed by atoms with Crippen molar-refractivity contribution in [1.82, 2.24) is 0 Å². The van der Waals surface area contributed by atoms with Gasteiger partial charge in [0, 0.05) is 12.8 Å². The zero-order valence-corrected chi connectivity index (χ0v) is 9.87. The summed E-state index contributed by atoms with van der Waals surface area (Å²) in [6.07, 6.45) is 2.10. The van der Waals surface area contributed by atoms with Gasteiger partial charge in [-0.2, -0.15) is 0 Å². The summed E-state index contributed by atoms with van der Waals surface area (Å²) in [5.74, 6) is -1.40. The van der Waals surface area contributed by atoms with Gasteiger partial charge in [-0.25, -0.2) is 8.78 Å². The number of Topliss-reactive ketones (excluding diaryl/α,β-unsaturated/α-hetero) is 1. The second-order valence-electron chi connectivity index (χ2n) is 3.96. The van der Waals surface area contributed by atoms with Gasteiger partial charge in [-0.05, 0) is 23.8 Å². The average molecular weight is 250 g/mol. The molecule has 2 aromatic rings. The van der Waals surface area contributed by atoms with Gasteiger partial charge < -0.3 is 4.42 Å². The minimum Gasteiger partial charge on any atom is -0.469 e. The Morgan fingerprint density at radius 2 is 2.00 bits per heavy atom. The predicted octanol–water partition coefficient (Wildman–Crippen LogP) is 3.55. The van der Waals surface area contributed by atoms with Crippen LogP contribution >= 0.6 is 0 Å². The van der Waals surface area contributed by atoms with E-state index in [1.807, 2.05) is 6.92 Å². The topological polar surface area (TPSA) is 30.2 Å². The van der Waals surface area contributed by atoms with Crippen molar-refractivity contribution < 1.29 is 18.0 Å². The number of ketones is 1. The van der Waals surface area contributed by atoms with Crippen molar-refractivity contribution in [3.8, 4) is 0 Å². The van der Waals surface area contributed by atoms with Crippen LogP contribution in [0.3, 0.4) is 0 Å². The maximum Gasteiger partial charge on any atom is 0.170 e. The summed E-state index contributed by atoms with van der Waals surface area (Å²) < 4.78 is 30.9. The summed E-state index contributed by atoms with van der Waals surface area (Å²) in [7, 11) is 0. The molecule has 0 amide bonds. The fourth-order valence-electron chi connectivity index (χ4n) is 1.79. The second kappa shape index (κ2) is 5.12. The molecule has 0 aliphatic heterocycles. The van der Waals surface area contributed by atoms with Gasteiger partial charge >= 0.3 is 0 Å². The molecule has 1 heterocycles. The number of aryl methyl sites for hydroxylation is 1. The Balaban J connectivity index is 2.19. The van der Waals surface area contributed by atoms with E-state index in [1.54, 1.807) is 6.07 Å². The van der Waals surface area contributed by atoms with Crippen LogP contribution in [-0.4, -0.2) is 5.78 Å². The molecule has 94 valence electrons. The predicted molar refractivity (Wildman–Crippen MR) is 62.5 cm³/mol. The first kappa shape index (κ1) is 12.5. The summed E-state index contributed by atoms with van der Waals surface area (Å²) in [6.45, 7) is 1.88. The lowest BCUT2D eigenvalue weighted by atomic mass is 10.0. The van der Waals surface area contributed by atoms with Crippen molar-refractivity contribution in [1.29, 1.82) is 0 Å². The molecular weight excluding hydrogens is 238 g/mol. The first-order valence-corrected chi connectivity index (χ1v) is 5.65. The van der Waals surface area contributed by atoms with Crippen LogP contribution in [0.1, 0.15) is 28.6 Å². The number of halogens is 2. The lowest BCUT2D eigenvalue weighted by Crippen LogP contribution is -2.05. The van der Waals surface area contributed by atoms with E-state index in [0.717, 1.165) is 12.1 Å². The molecule has 0 atom stereocenters. The van der Waals surface area contributed by atoms with E-state index >= 15 is 0 Å². The Morgan fingerprint density at radius 3 is 2.67 bits per heavy atom. The quantitative estimate of drug-likeness (QED) is 0.777. The molecule has 2 nitrogen and oxygen atoms in total. The van der Waals surface area contributed by atoms with Crippen molar-refractivity contribution in [2.75, 3.05) is 0 Å². The normalized spacial score (nSPS) is 10.6. The zero-order valence-electron chi connectivity index (χ0n) is 9.87. The molecule has 0 saturated carbocycles. The SMILES string of the molecule is CCc1occc1C(=O)Cc1ccc(F)c(F)c1. The van der Waals surface area contributed by atoms with Crippen molar-refractivity contribution in [3.05, 3.63) is 59.1 Å². The number of rotatable bonds is 4. The molecule has 2 rings (SSSR count). The van der Waals surface area contributed by atoms with Gasteiger partial charge in [-0.1, -0.05) is 13.0 Å². The molecular formula is C14H12F2O2. The molecule has 0 aliphatic carbocycles. The van der Waals surface area contributed by atoms with E-state index in [9.17, 15) is 13.6 Å². The third kappa shape index (κ3) is 2.47. The van der Waals surface area contributed by atoms with Gasteiger partial charge in [-0.15, -0.1) is 0 Å². The van der Waals surface area contributed by atoms with Gasteiger partial charge in [-0.3, -0.25) is 4.79 Å². The Labute approximate surface area is 103 Å². The maximum absolute atomic E-state index is 13.0. The highest BCUT2D eigenvalue weighted by atomic mass is 19.2. The summed E-state index contributed by atoms with van der Waals surface area (Å²) in [5.41, 5.74) is 0.949. The Morgan fingerprint density at radius 1 is 1.22 bits per heavy atom. The Bertz CT molecular complexity index is 573. The molecule has 1 aromatic heterocycles. The number of hydrogen-bond donors (Lipinski definition) is 0. The molecule has 0 bridgehead atoms. The van der Waals surface area contributed by atoms with Crippen LogP contribution < -0.4 is 0 Å². The molecule has 0 spiro atoms. The maximum atomic E-state index is 13.0. The first-order chi connectivity index (χ1) is 8.61. The average Bonchev–Trinajstić information content (AvgIpc) is 2.82. The van der Waals surface area contributed by atoms with Crippen molar-refractivity contribution in [3.63, 3.8) is 0 Å². The highest BCUT2D eigenvalue weighted by molar-refractivity contribution is 5.98. The van der Waals surface area contributed by atoms with Crippen LogP contribution in [0.5, 0.6) is 0 Å². The van der Waals surface area contributed by atoms with Gasteiger partial charge in [0.05, 0.1) is 11.8 Å². The lowest BCUT2D eigenvalue weighted by Gasteiger charge is -2.02. The smallest absolute Gasteiger partial charge is 0.170 e. The second-order valence-corrected chi connectivity index (χ2v) is 3.96. The highest BCUT2D eigenvalue weighted by Gasteiger charge is 2.14. The molecule has 0 N–H and O–H groups in total. The molecule has 0 radical (unpaired) electrons. The largest absolute Gasteiger partial charge is 0.469 e. The Hall–Kier alpha value is -1.97. The third-order valence-corrected chi connectivity index (χ3v) is 2.72. The Kier molecular flexibility index (Phi) is 3.55. The molecule has 18 heavy (non-hydrogen) atoms. The van der Waals surface area contributed by atoms with Crippen molar-refractivity contribution >= 4 is 5.78 Å². The monoisotopic (exact) mass is 250 g/mol. The lowest BCUT2D eigenvalue weighted by molar-refractivity contribution is 0.0991. The number of furan rings is 1. The summed E-state index contributed by atoms with van der Waals surface area (Å²) in [6, 6.07) is 5.07. The number of carbonyl (C=O) groups excluding carboxylic acids is 1. The number of benzene rings is 1. The molecule has 0 fully saturated rings. The molecule has 1 aromatic carbocycles. The van der Waals surface area contributed by atoms with Gasteiger partial charge in [0.1, 0.15) is 5.76 Å². The minimum absolute atomic E-state index is 0.0315. The fourth-order valence-corrected chi connectivity index (χ4v) is 1.79. The molecule has 0 saturated heterocycles. The minimum atomic E-state index is -0.941. The summed E-state index contributed by atoms with van der Waals surface area (Å²) in [5, 5.41) is 0. The first-order valence-electron chi connectivity index (χ1n) is 5.65. The zero-order chi connectivity index (χ0) is 13.1. The van der Waals surface area contributed by atoms with E-state index in [1.165, 1.54) is 12.3 Å². The number of hydrogen-bond acceptors (Lipinski definition) is 2. The molecule has 0 aliphatic rings. The fraction of sp³-hybridized carbons (Fsp3) is 0.214. The van der Waals surface area contributed by atoms with Gasteiger partial charge in [0.25, 0.3) is 0 Å². The van der Waals surface area contributed by atoms with Crippen LogP contribution in [0.2, 0.25) is 0 Å². The molecule has 0 unspecified atom stereocenters. The van der Waals surface area contributed by atoms with Crippen molar-refractivity contribution in [2.24, 2.45) is 0 Å². The van der Waals surface area contributed by atoms with Crippen LogP contribution in [-0.2, 0) is 12.8 Å². The van der Waals surface area contributed by atoms with E-state index < -0.39 is 11.6 Å². The number of carbonyl (C=O) groups is 1. The van der Waals surface area contributed by atoms with Crippen LogP contribution in [0.25, 0.3) is 0 Å². The van der Waals surface area contributed by atoms with E-state index in [0.29, 0.717) is 23.3 Å². The molecule has 4 heteroatoms. The van der Waals surface area contributed by atoms with Crippen LogP contribution in [0, 0.1) is 11.6 Å². The van der Waals surface area contributed by atoms with E-state index in [2.05, 4.69) is 0 Å². The summed E-state index contributed by atoms with van der Waals surface area (Å²) >= 11 is 0. The standard InChI is InChI=1S/C14H12F2O2/c1-2-14-10(5-6-18-14)13(17)8-9-3-4-11(15)12(16)7-9/h3-7H,2,8H2,1H3. The van der Waals surface area contributed by atoms with Crippen LogP contribution in [0.4, 0.5) is 8.78 Å².